The zero-order valence-electron chi connectivity index (χ0n) is 7.38. The monoisotopic (exact) mass is 242 g/mol. The van der Waals surface area contributed by atoms with Crippen LogP contribution in [0.1, 0.15) is 18.4 Å². The highest BCUT2D eigenvalue weighted by atomic mass is 79.9. The molecule has 0 amide bonds. The van der Waals surface area contributed by atoms with E-state index in [0.717, 1.165) is 22.9 Å². The molecule has 1 fully saturated rings. The van der Waals surface area contributed by atoms with Gasteiger partial charge in [-0.2, -0.15) is 0 Å². The van der Waals surface area contributed by atoms with Gasteiger partial charge in [0, 0.05) is 11.8 Å². The molecule has 1 aromatic rings. The maximum atomic E-state index is 5.81. The SMILES string of the molecule is Cc1c(OC2CC2)ncc(Br)c1N. The largest absolute Gasteiger partial charge is 0.474 e. The Labute approximate surface area is 85.4 Å². The van der Waals surface area contributed by atoms with Crippen molar-refractivity contribution in [1.29, 1.82) is 0 Å². The molecule has 0 bridgehead atoms. The molecule has 1 heterocycles. The second kappa shape index (κ2) is 3.18. The fourth-order valence-electron chi connectivity index (χ4n) is 1.04. The van der Waals surface area contributed by atoms with Crippen LogP contribution in [0.25, 0.3) is 0 Å². The molecule has 0 aromatic carbocycles. The van der Waals surface area contributed by atoms with Gasteiger partial charge in [-0.05, 0) is 35.7 Å². The number of hydrogen-bond donors (Lipinski definition) is 1. The molecule has 0 atom stereocenters. The highest BCUT2D eigenvalue weighted by Gasteiger charge is 2.25. The van der Waals surface area contributed by atoms with Crippen LogP contribution < -0.4 is 10.5 Å². The molecule has 2 rings (SSSR count). The van der Waals surface area contributed by atoms with Gasteiger partial charge in [-0.3, -0.25) is 0 Å². The number of aromatic nitrogens is 1. The van der Waals surface area contributed by atoms with Crippen molar-refractivity contribution in [2.45, 2.75) is 25.9 Å². The summed E-state index contributed by atoms with van der Waals surface area (Å²) in [5.41, 5.74) is 7.44. The molecule has 4 heteroatoms. The van der Waals surface area contributed by atoms with Crippen LogP contribution in [-0.4, -0.2) is 11.1 Å². The summed E-state index contributed by atoms with van der Waals surface area (Å²) in [6.07, 6.45) is 4.32. The first-order valence-corrected chi connectivity index (χ1v) is 5.05. The quantitative estimate of drug-likeness (QED) is 0.866. The number of hydrogen-bond acceptors (Lipinski definition) is 3. The molecule has 0 unspecified atom stereocenters. The van der Waals surface area contributed by atoms with E-state index in [1.54, 1.807) is 6.20 Å². The van der Waals surface area contributed by atoms with E-state index < -0.39 is 0 Å². The molecule has 13 heavy (non-hydrogen) atoms. The minimum absolute atomic E-state index is 0.367. The van der Waals surface area contributed by atoms with Gasteiger partial charge < -0.3 is 10.5 Å². The Morgan fingerprint density at radius 2 is 2.31 bits per heavy atom. The Morgan fingerprint density at radius 1 is 1.62 bits per heavy atom. The van der Waals surface area contributed by atoms with Crippen LogP contribution in [-0.2, 0) is 0 Å². The molecule has 1 aliphatic carbocycles. The Balaban J connectivity index is 2.29. The van der Waals surface area contributed by atoms with Crippen molar-refractivity contribution in [3.8, 4) is 5.88 Å². The second-order valence-electron chi connectivity index (χ2n) is 3.27. The van der Waals surface area contributed by atoms with Gasteiger partial charge in [-0.1, -0.05) is 0 Å². The van der Waals surface area contributed by atoms with Crippen molar-refractivity contribution in [1.82, 2.24) is 4.98 Å². The smallest absolute Gasteiger partial charge is 0.218 e. The van der Waals surface area contributed by atoms with Gasteiger partial charge in [-0.25, -0.2) is 4.98 Å². The van der Waals surface area contributed by atoms with Crippen molar-refractivity contribution < 1.29 is 4.74 Å². The predicted molar refractivity (Wildman–Crippen MR) is 54.7 cm³/mol. The zero-order valence-corrected chi connectivity index (χ0v) is 8.97. The molecule has 0 spiro atoms. The number of rotatable bonds is 2. The lowest BCUT2D eigenvalue weighted by Gasteiger charge is -2.09. The van der Waals surface area contributed by atoms with Gasteiger partial charge >= 0.3 is 0 Å². The van der Waals surface area contributed by atoms with Gasteiger partial charge in [0.15, 0.2) is 0 Å². The standard InChI is InChI=1S/C9H11BrN2O/c1-5-8(11)7(10)4-12-9(5)13-6-2-3-6/h4,6H,2-3H2,1H3,(H2,11,12). The van der Waals surface area contributed by atoms with E-state index in [9.17, 15) is 0 Å². The molecule has 0 aliphatic heterocycles. The highest BCUT2D eigenvalue weighted by Crippen LogP contribution is 2.32. The van der Waals surface area contributed by atoms with Crippen LogP contribution >= 0.6 is 15.9 Å². The molecule has 3 nitrogen and oxygen atoms in total. The van der Waals surface area contributed by atoms with Crippen molar-refractivity contribution >= 4 is 21.6 Å². The molecule has 0 saturated heterocycles. The summed E-state index contributed by atoms with van der Waals surface area (Å²) < 4.78 is 6.41. The van der Waals surface area contributed by atoms with E-state index in [-0.39, 0.29) is 0 Å². The number of ether oxygens (including phenoxy) is 1. The minimum atomic E-state index is 0.367. The first-order valence-electron chi connectivity index (χ1n) is 4.25. The molecule has 1 aromatic heterocycles. The summed E-state index contributed by atoms with van der Waals surface area (Å²) in [5.74, 6) is 0.670. The lowest BCUT2D eigenvalue weighted by molar-refractivity contribution is 0.289. The average molecular weight is 243 g/mol. The van der Waals surface area contributed by atoms with Gasteiger partial charge in [0.25, 0.3) is 0 Å². The highest BCUT2D eigenvalue weighted by molar-refractivity contribution is 9.10. The van der Waals surface area contributed by atoms with E-state index in [4.69, 9.17) is 10.5 Å². The third-order valence-electron chi connectivity index (χ3n) is 2.08. The Morgan fingerprint density at radius 3 is 2.92 bits per heavy atom. The summed E-state index contributed by atoms with van der Waals surface area (Å²) in [6, 6.07) is 0. The Hall–Kier alpha value is -0.770. The van der Waals surface area contributed by atoms with Crippen molar-refractivity contribution in [2.75, 3.05) is 5.73 Å². The topological polar surface area (TPSA) is 48.1 Å². The van der Waals surface area contributed by atoms with E-state index in [1.807, 2.05) is 6.92 Å². The summed E-state index contributed by atoms with van der Waals surface area (Å²) in [6.45, 7) is 1.92. The molecule has 70 valence electrons. The van der Waals surface area contributed by atoms with Crippen molar-refractivity contribution in [3.63, 3.8) is 0 Å². The summed E-state index contributed by atoms with van der Waals surface area (Å²) in [7, 11) is 0. The van der Waals surface area contributed by atoms with E-state index in [2.05, 4.69) is 20.9 Å². The summed E-state index contributed by atoms with van der Waals surface area (Å²) in [5, 5.41) is 0. The van der Waals surface area contributed by atoms with Crippen LogP contribution in [0.4, 0.5) is 5.69 Å². The molecule has 1 aliphatic rings. The van der Waals surface area contributed by atoms with Gasteiger partial charge in [0.2, 0.25) is 5.88 Å². The van der Waals surface area contributed by atoms with Crippen LogP contribution in [0, 0.1) is 6.92 Å². The van der Waals surface area contributed by atoms with Crippen LogP contribution in [0.15, 0.2) is 10.7 Å². The lowest BCUT2D eigenvalue weighted by atomic mass is 10.2. The first kappa shape index (κ1) is 8.81. The number of nitrogen functional groups attached to an aromatic ring is 1. The number of pyridine rings is 1. The van der Waals surface area contributed by atoms with Gasteiger partial charge in [0.05, 0.1) is 10.2 Å². The lowest BCUT2D eigenvalue weighted by Crippen LogP contribution is -2.03. The van der Waals surface area contributed by atoms with Gasteiger partial charge in [-0.15, -0.1) is 0 Å². The van der Waals surface area contributed by atoms with E-state index >= 15 is 0 Å². The number of nitrogens with zero attached hydrogens (tertiary/aromatic N) is 1. The van der Waals surface area contributed by atoms with E-state index in [0.29, 0.717) is 17.7 Å². The molecule has 0 radical (unpaired) electrons. The molecule has 1 saturated carbocycles. The fourth-order valence-corrected chi connectivity index (χ4v) is 1.44. The van der Waals surface area contributed by atoms with E-state index in [1.165, 1.54) is 0 Å². The normalized spacial score (nSPS) is 15.8. The number of anilines is 1. The van der Waals surface area contributed by atoms with Crippen LogP contribution in [0.5, 0.6) is 5.88 Å². The molecular weight excluding hydrogens is 232 g/mol. The maximum Gasteiger partial charge on any atom is 0.218 e. The van der Waals surface area contributed by atoms with Crippen LogP contribution in [0.3, 0.4) is 0 Å². The van der Waals surface area contributed by atoms with Crippen molar-refractivity contribution in [3.05, 3.63) is 16.2 Å². The summed E-state index contributed by atoms with van der Waals surface area (Å²) in [4.78, 5) is 4.17. The number of halogens is 1. The summed E-state index contributed by atoms with van der Waals surface area (Å²) >= 11 is 3.32. The predicted octanol–water partition coefficient (Wildman–Crippen LogP) is 2.28. The van der Waals surface area contributed by atoms with Gasteiger partial charge in [0.1, 0.15) is 6.10 Å². The zero-order chi connectivity index (χ0) is 9.42. The second-order valence-corrected chi connectivity index (χ2v) is 4.12. The number of nitrogens with two attached hydrogens (primary N) is 1. The Bertz CT molecular complexity index is 337. The third kappa shape index (κ3) is 1.77. The Kier molecular flexibility index (Phi) is 2.15. The molecular formula is C9H11BrN2O. The maximum absolute atomic E-state index is 5.81. The fraction of sp³-hybridized carbons (Fsp3) is 0.444. The van der Waals surface area contributed by atoms with Crippen molar-refractivity contribution in [2.24, 2.45) is 0 Å². The average Bonchev–Trinajstić information content (AvgIpc) is 2.90. The van der Waals surface area contributed by atoms with Crippen LogP contribution in [0.2, 0.25) is 0 Å². The third-order valence-corrected chi connectivity index (χ3v) is 2.71. The minimum Gasteiger partial charge on any atom is -0.474 e. The first-order chi connectivity index (χ1) is 6.18. The molecule has 2 N–H and O–H groups in total.